The van der Waals surface area contributed by atoms with E-state index < -0.39 is 0 Å². The third-order valence-corrected chi connectivity index (χ3v) is 5.26. The average molecular weight is 394 g/mol. The number of piperazine rings is 1. The van der Waals surface area contributed by atoms with Crippen LogP contribution in [0.15, 0.2) is 42.5 Å². The van der Waals surface area contributed by atoms with Crippen LogP contribution in [0.1, 0.15) is 35.7 Å². The highest BCUT2D eigenvalue weighted by Gasteiger charge is 2.23. The summed E-state index contributed by atoms with van der Waals surface area (Å²) in [7, 11) is 0. The lowest BCUT2D eigenvalue weighted by molar-refractivity contribution is 0.0644. The van der Waals surface area contributed by atoms with Gasteiger partial charge in [0.25, 0.3) is 5.91 Å². The molecule has 2 heterocycles. The Morgan fingerprint density at radius 3 is 2.41 bits per heavy atom. The van der Waals surface area contributed by atoms with E-state index in [4.69, 9.17) is 0 Å². The lowest BCUT2D eigenvalue weighted by Gasteiger charge is -2.34. The molecule has 1 aliphatic heterocycles. The first-order chi connectivity index (χ1) is 14.1. The summed E-state index contributed by atoms with van der Waals surface area (Å²) in [5.74, 6) is 1.47. The number of benzene rings is 1. The molecule has 2 aromatic rings. The van der Waals surface area contributed by atoms with Crippen molar-refractivity contribution < 1.29 is 4.79 Å². The lowest BCUT2D eigenvalue weighted by atomic mass is 10.2. The van der Waals surface area contributed by atoms with Crippen molar-refractivity contribution >= 4 is 17.8 Å². The van der Waals surface area contributed by atoms with Crippen molar-refractivity contribution in [1.29, 1.82) is 0 Å². The molecule has 1 fully saturated rings. The topological polar surface area (TPSA) is 52.6 Å². The molecule has 6 nitrogen and oxygen atoms in total. The number of hydrogen-bond donors (Lipinski definition) is 0. The summed E-state index contributed by atoms with van der Waals surface area (Å²) in [4.78, 5) is 28.3. The van der Waals surface area contributed by atoms with Gasteiger partial charge in [0, 0.05) is 51.9 Å². The second-order valence-corrected chi connectivity index (χ2v) is 7.24. The summed E-state index contributed by atoms with van der Waals surface area (Å²) in [6, 6.07) is 12.1. The second kappa shape index (κ2) is 10.2. The van der Waals surface area contributed by atoms with E-state index in [9.17, 15) is 4.79 Å². The first-order valence-corrected chi connectivity index (χ1v) is 10.4. The van der Waals surface area contributed by atoms with Gasteiger partial charge in [0.15, 0.2) is 0 Å². The molecular weight excluding hydrogens is 362 g/mol. The molecule has 1 amide bonds. The molecule has 1 aromatic carbocycles. The second-order valence-electron chi connectivity index (χ2n) is 7.24. The van der Waals surface area contributed by atoms with Gasteiger partial charge in [-0.1, -0.05) is 42.5 Å². The zero-order valence-corrected chi connectivity index (χ0v) is 17.7. The predicted octanol–water partition coefficient (Wildman–Crippen LogP) is 3.10. The van der Waals surface area contributed by atoms with Crippen molar-refractivity contribution in [2.75, 3.05) is 50.7 Å². The number of carbonyl (C=O) groups is 1. The Kier molecular flexibility index (Phi) is 7.36. The molecule has 1 aromatic heterocycles. The first-order valence-electron chi connectivity index (χ1n) is 10.4. The van der Waals surface area contributed by atoms with Gasteiger partial charge in [-0.05, 0) is 26.3 Å². The van der Waals surface area contributed by atoms with Crippen molar-refractivity contribution in [2.24, 2.45) is 0 Å². The molecule has 0 radical (unpaired) electrons. The van der Waals surface area contributed by atoms with Crippen LogP contribution >= 0.6 is 0 Å². The summed E-state index contributed by atoms with van der Waals surface area (Å²) in [5.41, 5.74) is 1.71. The minimum atomic E-state index is 0.00313. The molecule has 0 atom stereocenters. The van der Waals surface area contributed by atoms with E-state index in [1.165, 1.54) is 5.56 Å². The van der Waals surface area contributed by atoms with Gasteiger partial charge < -0.3 is 9.80 Å². The number of rotatable bonds is 7. The number of carbonyl (C=O) groups excluding carboxylic acids is 1. The van der Waals surface area contributed by atoms with Crippen molar-refractivity contribution in [3.63, 3.8) is 0 Å². The smallest absolute Gasteiger partial charge is 0.272 e. The third kappa shape index (κ3) is 5.64. The number of hydrogen-bond acceptors (Lipinski definition) is 5. The van der Waals surface area contributed by atoms with Gasteiger partial charge in [0.2, 0.25) is 0 Å². The quantitative estimate of drug-likeness (QED) is 0.724. The van der Waals surface area contributed by atoms with E-state index >= 15 is 0 Å². The molecule has 0 unspecified atom stereocenters. The van der Waals surface area contributed by atoms with Gasteiger partial charge in [-0.3, -0.25) is 9.69 Å². The maximum atomic E-state index is 13.0. The van der Waals surface area contributed by atoms with E-state index in [0.717, 1.165) is 51.6 Å². The van der Waals surface area contributed by atoms with Gasteiger partial charge in [-0.2, -0.15) is 0 Å². The van der Waals surface area contributed by atoms with Crippen LogP contribution in [0.3, 0.4) is 0 Å². The van der Waals surface area contributed by atoms with Gasteiger partial charge >= 0.3 is 0 Å². The zero-order chi connectivity index (χ0) is 20.6. The van der Waals surface area contributed by atoms with Crippen LogP contribution in [-0.2, 0) is 0 Å². The molecule has 0 bridgehead atoms. The largest absolute Gasteiger partial charge is 0.357 e. The van der Waals surface area contributed by atoms with E-state index in [0.29, 0.717) is 11.5 Å². The Bertz CT molecular complexity index is 824. The number of anilines is 1. The number of aryl methyl sites for hydroxylation is 1. The fourth-order valence-electron chi connectivity index (χ4n) is 3.57. The summed E-state index contributed by atoms with van der Waals surface area (Å²) >= 11 is 0. The fourth-order valence-corrected chi connectivity index (χ4v) is 3.57. The fraction of sp³-hybridized carbons (Fsp3) is 0.435. The molecule has 29 heavy (non-hydrogen) atoms. The molecule has 0 spiro atoms. The Balaban J connectivity index is 1.56. The van der Waals surface area contributed by atoms with Gasteiger partial charge in [0.1, 0.15) is 17.3 Å². The van der Waals surface area contributed by atoms with Crippen LogP contribution < -0.4 is 4.90 Å². The Labute approximate surface area is 173 Å². The average Bonchev–Trinajstić information content (AvgIpc) is 2.75. The number of aromatic nitrogens is 2. The van der Waals surface area contributed by atoms with Crippen molar-refractivity contribution in [2.45, 2.75) is 20.8 Å². The Morgan fingerprint density at radius 2 is 1.76 bits per heavy atom. The first kappa shape index (κ1) is 21.0. The van der Waals surface area contributed by atoms with Crippen molar-refractivity contribution in [1.82, 2.24) is 19.8 Å². The molecule has 0 aliphatic carbocycles. The van der Waals surface area contributed by atoms with Gasteiger partial charge in [0.05, 0.1) is 0 Å². The predicted molar refractivity (Wildman–Crippen MR) is 118 cm³/mol. The van der Waals surface area contributed by atoms with Gasteiger partial charge in [-0.25, -0.2) is 9.97 Å². The van der Waals surface area contributed by atoms with E-state index in [-0.39, 0.29) is 5.91 Å². The SMILES string of the molecule is CCN(CC)c1cc(C(=O)N2CCN(C/C=C/c3ccccc3)CC2)nc(C)n1. The van der Waals surface area contributed by atoms with E-state index in [1.54, 1.807) is 0 Å². The molecule has 154 valence electrons. The summed E-state index contributed by atoms with van der Waals surface area (Å²) in [5, 5.41) is 0. The molecular formula is C23H31N5O. The van der Waals surface area contributed by atoms with Crippen molar-refractivity contribution in [3.8, 4) is 0 Å². The third-order valence-electron chi connectivity index (χ3n) is 5.26. The lowest BCUT2D eigenvalue weighted by Crippen LogP contribution is -2.48. The highest BCUT2D eigenvalue weighted by Crippen LogP contribution is 2.15. The van der Waals surface area contributed by atoms with Crippen LogP contribution in [0.5, 0.6) is 0 Å². The number of nitrogens with zero attached hydrogens (tertiary/aromatic N) is 5. The molecule has 1 saturated heterocycles. The number of amides is 1. The van der Waals surface area contributed by atoms with Crippen LogP contribution in [0, 0.1) is 6.92 Å². The molecule has 3 rings (SSSR count). The van der Waals surface area contributed by atoms with Crippen LogP contribution in [0.4, 0.5) is 5.82 Å². The summed E-state index contributed by atoms with van der Waals surface area (Å²) in [6.07, 6.45) is 4.34. The van der Waals surface area contributed by atoms with E-state index in [2.05, 4.69) is 57.9 Å². The minimum Gasteiger partial charge on any atom is -0.357 e. The standard InChI is InChI=1S/C23H31N5O/c1-4-27(5-2)22-18-21(24-19(3)25-22)23(29)28-16-14-26(15-17-28)13-9-12-20-10-7-6-8-11-20/h6-12,18H,4-5,13-17H2,1-3H3/b12-9+. The van der Waals surface area contributed by atoms with Crippen molar-refractivity contribution in [3.05, 3.63) is 59.6 Å². The van der Waals surface area contributed by atoms with E-state index in [1.807, 2.05) is 36.1 Å². The molecule has 0 saturated carbocycles. The Morgan fingerprint density at radius 1 is 1.07 bits per heavy atom. The van der Waals surface area contributed by atoms with Crippen LogP contribution in [0.25, 0.3) is 6.08 Å². The Hall–Kier alpha value is -2.73. The normalized spacial score (nSPS) is 15.1. The highest BCUT2D eigenvalue weighted by molar-refractivity contribution is 5.93. The maximum absolute atomic E-state index is 13.0. The monoisotopic (exact) mass is 393 g/mol. The van der Waals surface area contributed by atoms with Crippen LogP contribution in [0.2, 0.25) is 0 Å². The summed E-state index contributed by atoms with van der Waals surface area (Å²) < 4.78 is 0. The molecule has 6 heteroatoms. The zero-order valence-electron chi connectivity index (χ0n) is 17.7. The summed E-state index contributed by atoms with van der Waals surface area (Å²) in [6.45, 7) is 11.8. The maximum Gasteiger partial charge on any atom is 0.272 e. The minimum absolute atomic E-state index is 0.00313. The molecule has 1 aliphatic rings. The van der Waals surface area contributed by atoms with Gasteiger partial charge in [-0.15, -0.1) is 0 Å². The highest BCUT2D eigenvalue weighted by atomic mass is 16.2. The molecule has 0 N–H and O–H groups in total. The van der Waals surface area contributed by atoms with Crippen LogP contribution in [-0.4, -0.2) is 71.5 Å².